The Bertz CT molecular complexity index is 115. The Morgan fingerprint density at radius 2 is 2.10 bits per heavy atom. The van der Waals surface area contributed by atoms with Gasteiger partial charge in [-0.2, -0.15) is 0 Å². The van der Waals surface area contributed by atoms with Crippen molar-refractivity contribution in [2.24, 2.45) is 0 Å². The zero-order valence-corrected chi connectivity index (χ0v) is 7.33. The topological polar surface area (TPSA) is 37.3 Å². The molecule has 0 aromatic carbocycles. The Morgan fingerprint density at radius 1 is 1.60 bits per heavy atom. The van der Waals surface area contributed by atoms with Crippen LogP contribution in [0, 0.1) is 0 Å². The van der Waals surface area contributed by atoms with Gasteiger partial charge >= 0.3 is 0 Å². The van der Waals surface area contributed by atoms with Crippen LogP contribution in [0.3, 0.4) is 0 Å². The van der Waals surface area contributed by atoms with E-state index in [1.165, 1.54) is 0 Å². The number of rotatable bonds is 4. The summed E-state index contributed by atoms with van der Waals surface area (Å²) in [6, 6.07) is 0. The number of aliphatic hydroxyl groups is 1. The third kappa shape index (κ3) is 4.34. The molecule has 0 fully saturated rings. The van der Waals surface area contributed by atoms with Crippen molar-refractivity contribution in [2.75, 3.05) is 6.61 Å². The summed E-state index contributed by atoms with van der Waals surface area (Å²) in [5.41, 5.74) is 0. The van der Waals surface area contributed by atoms with E-state index < -0.39 is 9.71 Å². The van der Waals surface area contributed by atoms with Gasteiger partial charge in [-0.05, 0) is 0 Å². The Kier molecular flexibility index (Phi) is 4.61. The molecule has 0 amide bonds. The number of carbonyl (C=O) groups is 1. The molecule has 0 aromatic heterocycles. The molecule has 0 aromatic rings. The third-order valence-corrected chi connectivity index (χ3v) is 1.64. The van der Waals surface area contributed by atoms with Gasteiger partial charge in [-0.15, -0.1) is 11.6 Å². The van der Waals surface area contributed by atoms with Crippen molar-refractivity contribution in [1.82, 2.24) is 0 Å². The maximum atomic E-state index is 10.1. The Hall–Kier alpha value is 0.500. The summed E-state index contributed by atoms with van der Waals surface area (Å²) in [5.74, 6) is 0. The number of hydrogen-bond donors (Lipinski definition) is 1. The quantitative estimate of drug-likeness (QED) is 0.556. The van der Waals surface area contributed by atoms with Gasteiger partial charge in [0, 0.05) is 6.42 Å². The summed E-state index contributed by atoms with van der Waals surface area (Å²) < 4.78 is -1.46. The van der Waals surface area contributed by atoms with E-state index in [0.29, 0.717) is 6.29 Å². The fraction of sp³-hybridized carbons (Fsp3) is 0.800. The first-order valence-electron chi connectivity index (χ1n) is 2.61. The van der Waals surface area contributed by atoms with Crippen molar-refractivity contribution in [3.05, 3.63) is 0 Å². The Labute approximate surface area is 74.1 Å². The average molecular weight is 205 g/mol. The minimum Gasteiger partial charge on any atom is -0.395 e. The van der Waals surface area contributed by atoms with Gasteiger partial charge in [0.25, 0.3) is 0 Å². The highest BCUT2D eigenvalue weighted by molar-refractivity contribution is 6.55. The minimum atomic E-state index is -1.46. The fourth-order valence-electron chi connectivity index (χ4n) is 0.408. The number of alkyl halides is 3. The SMILES string of the molecule is O=CC(Cl)(Cl)CC(Cl)CO. The van der Waals surface area contributed by atoms with Crippen molar-refractivity contribution >= 4 is 41.1 Å². The van der Waals surface area contributed by atoms with Crippen LogP contribution in [-0.2, 0) is 4.79 Å². The van der Waals surface area contributed by atoms with Gasteiger partial charge in [-0.1, -0.05) is 23.2 Å². The molecule has 0 spiro atoms. The maximum absolute atomic E-state index is 10.1. The van der Waals surface area contributed by atoms with Gasteiger partial charge in [-0.3, -0.25) is 0 Å². The standard InChI is InChI=1S/C5H7Cl3O2/c6-4(2-9)1-5(7,8)3-10/h3-4,9H,1-2H2. The summed E-state index contributed by atoms with van der Waals surface area (Å²) in [7, 11) is 0. The predicted octanol–water partition coefficient (Wildman–Crippen LogP) is 1.35. The van der Waals surface area contributed by atoms with Crippen LogP contribution in [0.25, 0.3) is 0 Å². The second-order valence-corrected chi connectivity index (χ2v) is 4.02. The van der Waals surface area contributed by atoms with E-state index in [9.17, 15) is 4.79 Å². The van der Waals surface area contributed by atoms with E-state index in [2.05, 4.69) is 0 Å². The summed E-state index contributed by atoms with van der Waals surface area (Å²) in [5, 5.41) is 7.86. The molecule has 0 aliphatic heterocycles. The molecule has 1 unspecified atom stereocenters. The minimum absolute atomic E-state index is 0.0532. The Morgan fingerprint density at radius 3 is 2.40 bits per heavy atom. The summed E-state index contributed by atoms with van der Waals surface area (Å²) >= 11 is 16.2. The number of aldehydes is 1. The molecule has 0 radical (unpaired) electrons. The number of hydrogen-bond acceptors (Lipinski definition) is 2. The molecule has 5 heteroatoms. The zero-order valence-electron chi connectivity index (χ0n) is 5.06. The van der Waals surface area contributed by atoms with E-state index in [-0.39, 0.29) is 13.0 Å². The molecule has 0 aliphatic carbocycles. The largest absolute Gasteiger partial charge is 0.395 e. The highest BCUT2D eigenvalue weighted by Crippen LogP contribution is 2.25. The van der Waals surface area contributed by atoms with Crippen molar-refractivity contribution in [3.8, 4) is 0 Å². The summed E-state index contributed by atoms with van der Waals surface area (Å²) in [4.78, 5) is 10.1. The predicted molar refractivity (Wildman–Crippen MR) is 41.8 cm³/mol. The second kappa shape index (κ2) is 4.39. The average Bonchev–Trinajstić information content (AvgIpc) is 1.87. The fourth-order valence-corrected chi connectivity index (χ4v) is 1.18. The first kappa shape index (κ1) is 10.5. The molecule has 0 saturated carbocycles. The summed E-state index contributed by atoms with van der Waals surface area (Å²) in [6.45, 7) is -0.239. The third-order valence-electron chi connectivity index (χ3n) is 0.864. The smallest absolute Gasteiger partial charge is 0.174 e. The first-order chi connectivity index (χ1) is 4.52. The van der Waals surface area contributed by atoms with Crippen LogP contribution in [0.2, 0.25) is 0 Å². The van der Waals surface area contributed by atoms with Crippen LogP contribution in [0.4, 0.5) is 0 Å². The van der Waals surface area contributed by atoms with E-state index in [0.717, 1.165) is 0 Å². The van der Waals surface area contributed by atoms with Gasteiger partial charge in [-0.25, -0.2) is 0 Å². The van der Waals surface area contributed by atoms with Crippen molar-refractivity contribution in [3.63, 3.8) is 0 Å². The zero-order chi connectivity index (χ0) is 8.20. The van der Waals surface area contributed by atoms with Gasteiger partial charge in [0.05, 0.1) is 12.0 Å². The molecule has 0 aliphatic rings. The molecule has 1 atom stereocenters. The van der Waals surface area contributed by atoms with Crippen LogP contribution in [0.1, 0.15) is 6.42 Å². The lowest BCUT2D eigenvalue weighted by atomic mass is 10.2. The summed E-state index contributed by atoms with van der Waals surface area (Å²) in [6.07, 6.45) is 0.443. The highest BCUT2D eigenvalue weighted by Gasteiger charge is 2.26. The van der Waals surface area contributed by atoms with Crippen LogP contribution < -0.4 is 0 Å². The molecule has 2 nitrogen and oxygen atoms in total. The lowest BCUT2D eigenvalue weighted by Gasteiger charge is -2.13. The first-order valence-corrected chi connectivity index (χ1v) is 3.80. The van der Waals surface area contributed by atoms with Crippen molar-refractivity contribution in [2.45, 2.75) is 16.1 Å². The van der Waals surface area contributed by atoms with Crippen molar-refractivity contribution in [1.29, 1.82) is 0 Å². The number of halogens is 3. The van der Waals surface area contributed by atoms with Gasteiger partial charge < -0.3 is 9.90 Å². The molecule has 60 valence electrons. The van der Waals surface area contributed by atoms with Crippen molar-refractivity contribution < 1.29 is 9.90 Å². The normalized spacial score (nSPS) is 14.8. The van der Waals surface area contributed by atoms with Gasteiger partial charge in [0.1, 0.15) is 0 Å². The van der Waals surface area contributed by atoms with Crippen LogP contribution in [0.15, 0.2) is 0 Å². The lowest BCUT2D eigenvalue weighted by molar-refractivity contribution is -0.108. The number of carbonyl (C=O) groups excluding carboxylic acids is 1. The van der Waals surface area contributed by atoms with Gasteiger partial charge in [0.2, 0.25) is 0 Å². The molecule has 0 bridgehead atoms. The molecular formula is C5H7Cl3O2. The van der Waals surface area contributed by atoms with Crippen LogP contribution in [-0.4, -0.2) is 27.7 Å². The maximum Gasteiger partial charge on any atom is 0.174 e. The monoisotopic (exact) mass is 204 g/mol. The number of aliphatic hydroxyl groups excluding tert-OH is 1. The molecule has 0 saturated heterocycles. The van der Waals surface area contributed by atoms with E-state index in [1.807, 2.05) is 0 Å². The van der Waals surface area contributed by atoms with Crippen LogP contribution >= 0.6 is 34.8 Å². The van der Waals surface area contributed by atoms with E-state index >= 15 is 0 Å². The second-order valence-electron chi connectivity index (χ2n) is 1.86. The molecule has 10 heavy (non-hydrogen) atoms. The molecule has 1 N–H and O–H groups in total. The van der Waals surface area contributed by atoms with E-state index in [1.54, 1.807) is 0 Å². The van der Waals surface area contributed by atoms with E-state index in [4.69, 9.17) is 39.9 Å². The molecule has 0 rings (SSSR count). The molecular weight excluding hydrogens is 198 g/mol. The van der Waals surface area contributed by atoms with Gasteiger partial charge in [0.15, 0.2) is 10.6 Å². The highest BCUT2D eigenvalue weighted by atomic mass is 35.5. The Balaban J connectivity index is 3.75. The lowest BCUT2D eigenvalue weighted by Crippen LogP contribution is -2.22. The van der Waals surface area contributed by atoms with Crippen LogP contribution in [0.5, 0.6) is 0 Å². The molecule has 0 heterocycles.